The molecule has 0 saturated heterocycles. The van der Waals surface area contributed by atoms with Crippen LogP contribution < -0.4 is 5.56 Å². The summed E-state index contributed by atoms with van der Waals surface area (Å²) < 4.78 is 5.61. The summed E-state index contributed by atoms with van der Waals surface area (Å²) in [6, 6.07) is 0.297. The molecule has 0 aromatic carbocycles. The van der Waals surface area contributed by atoms with Gasteiger partial charge < -0.3 is 4.74 Å². The summed E-state index contributed by atoms with van der Waals surface area (Å²) in [6.07, 6.45) is 1.40. The number of nitrogens with zero attached hydrogens (tertiary/aromatic N) is 2. The van der Waals surface area contributed by atoms with Crippen LogP contribution in [0.1, 0.15) is 24.9 Å². The molecule has 1 aromatic rings. The zero-order chi connectivity index (χ0) is 13.9. The van der Waals surface area contributed by atoms with E-state index in [2.05, 4.69) is 4.74 Å². The number of aryl methyl sites for hydroxylation is 1. The van der Waals surface area contributed by atoms with Crippen LogP contribution in [0.5, 0.6) is 0 Å². The first-order valence-electron chi connectivity index (χ1n) is 5.37. The summed E-state index contributed by atoms with van der Waals surface area (Å²) in [4.78, 5) is 33.5. The summed E-state index contributed by atoms with van der Waals surface area (Å²) in [6.45, 7) is 3.17. The zero-order valence-corrected chi connectivity index (χ0v) is 10.4. The molecule has 7 heteroatoms. The van der Waals surface area contributed by atoms with Crippen LogP contribution in [0.4, 0.5) is 5.69 Å². The largest absolute Gasteiger partial charge is 0.467 e. The fourth-order valence-corrected chi connectivity index (χ4v) is 1.68. The second-order valence-electron chi connectivity index (χ2n) is 3.79. The van der Waals surface area contributed by atoms with Gasteiger partial charge in [0.2, 0.25) is 0 Å². The maximum atomic E-state index is 11.8. The van der Waals surface area contributed by atoms with E-state index in [1.165, 1.54) is 14.0 Å². The quantitative estimate of drug-likeness (QED) is 0.457. The van der Waals surface area contributed by atoms with Crippen molar-refractivity contribution in [2.75, 3.05) is 7.11 Å². The highest BCUT2D eigenvalue weighted by molar-refractivity contribution is 5.74. The number of hydrogen-bond acceptors (Lipinski definition) is 5. The Balaban J connectivity index is 3.40. The summed E-state index contributed by atoms with van der Waals surface area (Å²) >= 11 is 0. The molecular weight excluding hydrogens is 240 g/mol. The Morgan fingerprint density at radius 3 is 2.67 bits per heavy atom. The van der Waals surface area contributed by atoms with E-state index in [0.717, 1.165) is 16.8 Å². The Hall–Kier alpha value is -2.18. The molecule has 0 aliphatic carbocycles. The van der Waals surface area contributed by atoms with E-state index in [1.54, 1.807) is 6.92 Å². The highest BCUT2D eigenvalue weighted by atomic mass is 16.6. The van der Waals surface area contributed by atoms with E-state index >= 15 is 0 Å². The minimum absolute atomic E-state index is 0.197. The normalized spacial score (nSPS) is 11.9. The lowest BCUT2D eigenvalue weighted by molar-refractivity contribution is -0.386. The van der Waals surface area contributed by atoms with Crippen LogP contribution in [0, 0.1) is 17.0 Å². The smallest absolute Gasteiger partial charge is 0.328 e. The second kappa shape index (κ2) is 5.44. The van der Waals surface area contributed by atoms with E-state index in [1.807, 2.05) is 0 Å². The third-order valence-corrected chi connectivity index (χ3v) is 2.65. The predicted molar refractivity (Wildman–Crippen MR) is 63.4 cm³/mol. The molecule has 0 N–H and O–H groups in total. The molecule has 0 radical (unpaired) electrons. The van der Waals surface area contributed by atoms with Gasteiger partial charge in [0.1, 0.15) is 6.04 Å². The Bertz CT molecular complexity index is 535. The Morgan fingerprint density at radius 1 is 1.61 bits per heavy atom. The fraction of sp³-hybridized carbons (Fsp3) is 0.455. The van der Waals surface area contributed by atoms with Crippen molar-refractivity contribution in [3.05, 3.63) is 38.3 Å². The number of nitro groups is 1. The molecule has 18 heavy (non-hydrogen) atoms. The molecule has 0 spiro atoms. The van der Waals surface area contributed by atoms with Crippen LogP contribution in [-0.2, 0) is 9.53 Å². The number of esters is 1. The van der Waals surface area contributed by atoms with Crippen LogP contribution in [0.25, 0.3) is 0 Å². The van der Waals surface area contributed by atoms with Gasteiger partial charge in [0.05, 0.1) is 18.2 Å². The number of carbonyl (C=O) groups excluding carboxylic acids is 1. The van der Waals surface area contributed by atoms with Crippen molar-refractivity contribution in [1.29, 1.82) is 0 Å². The SMILES string of the molecule is CCC(C(=O)OC)n1cc([N+](=O)[O-])c(C)cc1=O. The second-order valence-corrected chi connectivity index (χ2v) is 3.79. The van der Waals surface area contributed by atoms with Gasteiger partial charge >= 0.3 is 5.97 Å². The fourth-order valence-electron chi connectivity index (χ4n) is 1.68. The number of rotatable bonds is 4. The number of aromatic nitrogens is 1. The van der Waals surface area contributed by atoms with E-state index in [4.69, 9.17) is 0 Å². The van der Waals surface area contributed by atoms with E-state index in [9.17, 15) is 19.7 Å². The number of methoxy groups -OCH3 is 1. The molecule has 1 unspecified atom stereocenters. The van der Waals surface area contributed by atoms with Crippen LogP contribution in [-0.4, -0.2) is 22.6 Å². The highest BCUT2D eigenvalue weighted by Gasteiger charge is 2.23. The standard InChI is InChI=1S/C11H14N2O5/c1-4-8(11(15)18-3)12-6-9(13(16)17)7(2)5-10(12)14/h5-6,8H,4H2,1-3H3. The summed E-state index contributed by atoms with van der Waals surface area (Å²) in [5.41, 5.74) is -0.395. The van der Waals surface area contributed by atoms with Gasteiger partial charge in [0.25, 0.3) is 11.2 Å². The molecule has 0 amide bonds. The highest BCUT2D eigenvalue weighted by Crippen LogP contribution is 2.18. The molecule has 0 bridgehead atoms. The van der Waals surface area contributed by atoms with Gasteiger partial charge in [-0.15, -0.1) is 0 Å². The third-order valence-electron chi connectivity index (χ3n) is 2.65. The maximum absolute atomic E-state index is 11.8. The van der Waals surface area contributed by atoms with E-state index in [-0.39, 0.29) is 11.3 Å². The van der Waals surface area contributed by atoms with E-state index in [0.29, 0.717) is 6.42 Å². The molecule has 1 heterocycles. The number of ether oxygens (including phenoxy) is 1. The van der Waals surface area contributed by atoms with Crippen LogP contribution in [0.15, 0.2) is 17.1 Å². The van der Waals surface area contributed by atoms with Gasteiger partial charge in [-0.2, -0.15) is 0 Å². The monoisotopic (exact) mass is 254 g/mol. The van der Waals surface area contributed by atoms with Crippen LogP contribution in [0.3, 0.4) is 0 Å². The number of carbonyl (C=O) groups is 1. The summed E-state index contributed by atoms with van der Waals surface area (Å²) in [5.74, 6) is -0.599. The zero-order valence-electron chi connectivity index (χ0n) is 10.4. The van der Waals surface area contributed by atoms with Crippen molar-refractivity contribution in [3.63, 3.8) is 0 Å². The lowest BCUT2D eigenvalue weighted by atomic mass is 10.2. The van der Waals surface area contributed by atoms with Gasteiger partial charge in [-0.25, -0.2) is 4.79 Å². The van der Waals surface area contributed by atoms with Crippen molar-refractivity contribution >= 4 is 11.7 Å². The maximum Gasteiger partial charge on any atom is 0.328 e. The number of hydrogen-bond donors (Lipinski definition) is 0. The summed E-state index contributed by atoms with van der Waals surface area (Å²) in [7, 11) is 1.21. The van der Waals surface area contributed by atoms with Gasteiger partial charge in [-0.1, -0.05) is 6.92 Å². The third kappa shape index (κ3) is 2.55. The minimum atomic E-state index is -0.846. The first kappa shape index (κ1) is 13.9. The van der Waals surface area contributed by atoms with Crippen molar-refractivity contribution in [2.45, 2.75) is 26.3 Å². The minimum Gasteiger partial charge on any atom is -0.467 e. The van der Waals surface area contributed by atoms with Gasteiger partial charge in [-0.3, -0.25) is 19.5 Å². The average molecular weight is 254 g/mol. The van der Waals surface area contributed by atoms with Crippen molar-refractivity contribution in [3.8, 4) is 0 Å². The summed E-state index contributed by atoms with van der Waals surface area (Å²) in [5, 5.41) is 10.8. The van der Waals surface area contributed by atoms with Gasteiger partial charge in [-0.05, 0) is 13.3 Å². The van der Waals surface area contributed by atoms with Crippen molar-refractivity contribution < 1.29 is 14.5 Å². The molecule has 0 aliphatic heterocycles. The van der Waals surface area contributed by atoms with Crippen molar-refractivity contribution in [2.24, 2.45) is 0 Å². The Morgan fingerprint density at radius 2 is 2.22 bits per heavy atom. The van der Waals surface area contributed by atoms with Crippen LogP contribution >= 0.6 is 0 Å². The van der Waals surface area contributed by atoms with Crippen LogP contribution in [0.2, 0.25) is 0 Å². The molecular formula is C11H14N2O5. The van der Waals surface area contributed by atoms with Gasteiger partial charge in [0.15, 0.2) is 0 Å². The first-order valence-corrected chi connectivity index (χ1v) is 5.37. The molecule has 0 saturated carbocycles. The van der Waals surface area contributed by atoms with E-state index < -0.39 is 22.5 Å². The molecule has 7 nitrogen and oxygen atoms in total. The Labute approximate surface area is 103 Å². The molecule has 0 aliphatic rings. The van der Waals surface area contributed by atoms with Gasteiger partial charge in [0, 0.05) is 11.6 Å². The molecule has 98 valence electrons. The molecule has 1 atom stereocenters. The number of pyridine rings is 1. The Kier molecular flexibility index (Phi) is 4.19. The molecule has 0 fully saturated rings. The van der Waals surface area contributed by atoms with Crippen molar-refractivity contribution in [1.82, 2.24) is 4.57 Å². The lowest BCUT2D eigenvalue weighted by Crippen LogP contribution is -2.30. The lowest BCUT2D eigenvalue weighted by Gasteiger charge is -2.15. The average Bonchev–Trinajstić information content (AvgIpc) is 2.31. The predicted octanol–water partition coefficient (Wildman–Crippen LogP) is 1.19. The molecule has 1 rings (SSSR count). The topological polar surface area (TPSA) is 91.4 Å². The first-order chi connectivity index (χ1) is 8.42. The molecule has 1 aromatic heterocycles.